The van der Waals surface area contributed by atoms with Gasteiger partial charge in [-0.15, -0.1) is 0 Å². The summed E-state index contributed by atoms with van der Waals surface area (Å²) >= 11 is 0. The van der Waals surface area contributed by atoms with Crippen molar-refractivity contribution in [3.63, 3.8) is 0 Å². The lowest BCUT2D eigenvalue weighted by Crippen LogP contribution is -2.39. The molecule has 0 aliphatic carbocycles. The number of fused-ring (bicyclic) bond motifs is 1. The molecule has 2 aliphatic heterocycles. The number of piperidine rings is 1. The molecule has 2 aromatic rings. The van der Waals surface area contributed by atoms with Crippen molar-refractivity contribution in [2.45, 2.75) is 46.5 Å². The Kier molecular flexibility index (Phi) is 5.81. The fourth-order valence-electron chi connectivity index (χ4n) is 4.35. The molecule has 0 bridgehead atoms. The highest BCUT2D eigenvalue weighted by Gasteiger charge is 2.28. The Morgan fingerprint density at radius 1 is 1.10 bits per heavy atom. The number of nitrogens with zero attached hydrogens (tertiary/aromatic N) is 3. The van der Waals surface area contributed by atoms with Gasteiger partial charge >= 0.3 is 0 Å². The minimum atomic E-state index is 0.0387. The number of amides is 1. The molecule has 0 unspecified atom stereocenters. The van der Waals surface area contributed by atoms with Gasteiger partial charge < -0.3 is 15.0 Å². The first kappa shape index (κ1) is 19.8. The molecule has 154 valence electrons. The number of carbonyl (C=O) groups is 1. The van der Waals surface area contributed by atoms with Gasteiger partial charge in [-0.25, -0.2) is 9.97 Å². The summed E-state index contributed by atoms with van der Waals surface area (Å²) in [6.07, 6.45) is 3.38. The van der Waals surface area contributed by atoms with Crippen LogP contribution in [0.2, 0.25) is 0 Å². The summed E-state index contributed by atoms with van der Waals surface area (Å²) in [6.45, 7) is 9.20. The summed E-state index contributed by atoms with van der Waals surface area (Å²) in [5.41, 5.74) is 5.58. The number of aryl methyl sites for hydroxylation is 3. The summed E-state index contributed by atoms with van der Waals surface area (Å²) in [4.78, 5) is 24.6. The monoisotopic (exact) mass is 394 g/mol. The van der Waals surface area contributed by atoms with Crippen LogP contribution >= 0.6 is 0 Å². The van der Waals surface area contributed by atoms with Crippen LogP contribution in [0.4, 0.5) is 11.5 Å². The van der Waals surface area contributed by atoms with Gasteiger partial charge in [0, 0.05) is 43.1 Å². The molecule has 1 N–H and O–H groups in total. The largest absolute Gasteiger partial charge is 0.381 e. The average molecular weight is 395 g/mol. The van der Waals surface area contributed by atoms with Crippen LogP contribution in [0.3, 0.4) is 0 Å². The number of hydrogen-bond acceptors (Lipinski definition) is 5. The Labute approximate surface area is 172 Å². The molecule has 6 heteroatoms. The van der Waals surface area contributed by atoms with E-state index in [2.05, 4.69) is 28.2 Å². The van der Waals surface area contributed by atoms with Gasteiger partial charge in [0.25, 0.3) is 0 Å². The molecule has 1 fully saturated rings. The first-order chi connectivity index (χ1) is 14.0. The zero-order valence-corrected chi connectivity index (χ0v) is 17.6. The van der Waals surface area contributed by atoms with E-state index in [1.807, 2.05) is 26.0 Å². The minimum Gasteiger partial charge on any atom is -0.381 e. The molecule has 6 nitrogen and oxygen atoms in total. The Morgan fingerprint density at radius 3 is 2.62 bits per heavy atom. The minimum absolute atomic E-state index is 0.0387. The van der Waals surface area contributed by atoms with E-state index in [0.29, 0.717) is 0 Å². The summed E-state index contributed by atoms with van der Waals surface area (Å²) < 4.78 is 5.64. The third kappa shape index (κ3) is 4.42. The lowest BCUT2D eigenvalue weighted by atomic mass is 9.95. The molecule has 1 aromatic carbocycles. The van der Waals surface area contributed by atoms with Crippen LogP contribution in [0.1, 0.15) is 41.1 Å². The second kappa shape index (κ2) is 8.49. The van der Waals surface area contributed by atoms with Crippen molar-refractivity contribution < 1.29 is 9.53 Å². The highest BCUT2D eigenvalue weighted by atomic mass is 16.5. The van der Waals surface area contributed by atoms with Gasteiger partial charge in [-0.05, 0) is 45.2 Å². The molecule has 4 rings (SSSR count). The second-order valence-corrected chi connectivity index (χ2v) is 8.20. The Balaban J connectivity index is 1.43. The first-order valence-electron chi connectivity index (χ1n) is 10.6. The highest BCUT2D eigenvalue weighted by molar-refractivity contribution is 5.93. The lowest BCUT2D eigenvalue weighted by molar-refractivity contribution is -0.120. The second-order valence-electron chi connectivity index (χ2n) is 8.20. The highest BCUT2D eigenvalue weighted by Crippen LogP contribution is 2.29. The number of aromatic nitrogens is 2. The summed E-state index contributed by atoms with van der Waals surface area (Å²) in [7, 11) is 0. The molecule has 0 saturated carbocycles. The van der Waals surface area contributed by atoms with Crippen LogP contribution in [-0.4, -0.2) is 42.2 Å². The maximum atomic E-state index is 12.8. The molecule has 1 amide bonds. The van der Waals surface area contributed by atoms with E-state index in [9.17, 15) is 4.79 Å². The van der Waals surface area contributed by atoms with Crippen LogP contribution in [0.25, 0.3) is 0 Å². The molecule has 2 aliphatic rings. The van der Waals surface area contributed by atoms with Crippen LogP contribution in [-0.2, 0) is 22.4 Å². The van der Waals surface area contributed by atoms with E-state index >= 15 is 0 Å². The number of nitrogens with one attached hydrogen (secondary N) is 1. The van der Waals surface area contributed by atoms with Crippen molar-refractivity contribution in [1.82, 2.24) is 9.97 Å². The number of carbonyl (C=O) groups excluding carboxylic acids is 1. The van der Waals surface area contributed by atoms with E-state index in [1.54, 1.807) is 0 Å². The Hall–Kier alpha value is -2.47. The van der Waals surface area contributed by atoms with E-state index in [0.717, 1.165) is 80.6 Å². The molecule has 0 atom stereocenters. The molecular weight excluding hydrogens is 364 g/mol. The van der Waals surface area contributed by atoms with Crippen molar-refractivity contribution >= 4 is 17.4 Å². The van der Waals surface area contributed by atoms with E-state index in [-0.39, 0.29) is 11.8 Å². The predicted molar refractivity (Wildman–Crippen MR) is 114 cm³/mol. The van der Waals surface area contributed by atoms with Crippen molar-refractivity contribution in [1.29, 1.82) is 0 Å². The number of rotatable bonds is 3. The third-order valence-electron chi connectivity index (χ3n) is 5.97. The van der Waals surface area contributed by atoms with Crippen LogP contribution in [0.15, 0.2) is 18.2 Å². The molecule has 0 radical (unpaired) electrons. The van der Waals surface area contributed by atoms with Gasteiger partial charge in [0.15, 0.2) is 0 Å². The molecule has 1 aromatic heterocycles. The number of ether oxygens (including phenoxy) is 1. The third-order valence-corrected chi connectivity index (χ3v) is 5.97. The van der Waals surface area contributed by atoms with E-state index in [4.69, 9.17) is 9.72 Å². The SMILES string of the molecule is Cc1ccc(NC(=O)C2CCN(c3nc(C)nc4c3CCOCC4)CC2)c(C)c1. The number of hydrogen-bond donors (Lipinski definition) is 1. The van der Waals surface area contributed by atoms with Crippen molar-refractivity contribution in [2.24, 2.45) is 5.92 Å². The topological polar surface area (TPSA) is 67.4 Å². The maximum absolute atomic E-state index is 12.8. The first-order valence-corrected chi connectivity index (χ1v) is 10.6. The van der Waals surface area contributed by atoms with Crippen molar-refractivity contribution in [2.75, 3.05) is 36.5 Å². The predicted octanol–water partition coefficient (Wildman–Crippen LogP) is 3.37. The van der Waals surface area contributed by atoms with E-state index < -0.39 is 0 Å². The lowest BCUT2D eigenvalue weighted by Gasteiger charge is -2.33. The van der Waals surface area contributed by atoms with Crippen LogP contribution in [0.5, 0.6) is 0 Å². The van der Waals surface area contributed by atoms with Gasteiger partial charge in [-0.1, -0.05) is 17.7 Å². The van der Waals surface area contributed by atoms with E-state index in [1.165, 1.54) is 11.1 Å². The molecule has 3 heterocycles. The number of benzene rings is 1. The van der Waals surface area contributed by atoms with Gasteiger partial charge in [0.05, 0.1) is 18.9 Å². The summed E-state index contributed by atoms with van der Waals surface area (Å²) in [5.74, 6) is 2.03. The maximum Gasteiger partial charge on any atom is 0.227 e. The number of anilines is 2. The summed E-state index contributed by atoms with van der Waals surface area (Å²) in [6, 6.07) is 6.14. The molecule has 1 saturated heterocycles. The van der Waals surface area contributed by atoms with Gasteiger partial charge in [0.1, 0.15) is 11.6 Å². The van der Waals surface area contributed by atoms with Crippen LogP contribution in [0, 0.1) is 26.7 Å². The normalized spacial score (nSPS) is 17.6. The van der Waals surface area contributed by atoms with Crippen molar-refractivity contribution in [3.8, 4) is 0 Å². The molecular formula is C23H30N4O2. The molecule has 0 spiro atoms. The smallest absolute Gasteiger partial charge is 0.227 e. The molecule has 29 heavy (non-hydrogen) atoms. The zero-order chi connectivity index (χ0) is 20.4. The van der Waals surface area contributed by atoms with Crippen molar-refractivity contribution in [3.05, 3.63) is 46.4 Å². The zero-order valence-electron chi connectivity index (χ0n) is 17.6. The quantitative estimate of drug-likeness (QED) is 0.865. The van der Waals surface area contributed by atoms with Crippen LogP contribution < -0.4 is 10.2 Å². The van der Waals surface area contributed by atoms with Gasteiger partial charge in [-0.3, -0.25) is 4.79 Å². The van der Waals surface area contributed by atoms with Gasteiger partial charge in [-0.2, -0.15) is 0 Å². The Bertz CT molecular complexity index is 904. The fourth-order valence-corrected chi connectivity index (χ4v) is 4.35. The fraction of sp³-hybridized carbons (Fsp3) is 0.522. The average Bonchev–Trinajstić information content (AvgIpc) is 2.95. The Morgan fingerprint density at radius 2 is 1.86 bits per heavy atom. The standard InChI is InChI=1S/C23H30N4O2/c1-15-4-5-20(16(2)14-15)26-23(28)18-6-10-27(11-7-18)22-19-8-12-29-13-9-21(19)24-17(3)25-22/h4-5,14,18H,6-13H2,1-3H3,(H,26,28). The van der Waals surface area contributed by atoms with Gasteiger partial charge in [0.2, 0.25) is 5.91 Å². The summed E-state index contributed by atoms with van der Waals surface area (Å²) in [5, 5.41) is 3.13.